The Morgan fingerprint density at radius 1 is 0.806 bits per heavy atom. The molecule has 9 atom stereocenters. The Morgan fingerprint density at radius 3 is 1.98 bits per heavy atom. The quantitative estimate of drug-likeness (QED) is 0.136. The largest absolute Gasteiger partial charge is 0.497 e. The minimum atomic E-state index is -0.900. The molecular formula is C48H75N5O9. The number of ether oxygens (including phenoxy) is 4. The van der Waals surface area contributed by atoms with Crippen molar-refractivity contribution in [3.8, 4) is 5.75 Å². The van der Waals surface area contributed by atoms with Crippen LogP contribution in [0.15, 0.2) is 54.6 Å². The number of hydrogen-bond donors (Lipinski definition) is 2. The molecule has 14 nitrogen and oxygen atoms in total. The van der Waals surface area contributed by atoms with E-state index in [0.717, 1.165) is 23.3 Å². The maximum absolute atomic E-state index is 14.6. The summed E-state index contributed by atoms with van der Waals surface area (Å²) in [6.45, 7) is 14.6. The number of likely N-dealkylation sites (N-methyl/N-ethyl adjacent to an activating group) is 2. The highest BCUT2D eigenvalue weighted by molar-refractivity contribution is 5.90. The van der Waals surface area contributed by atoms with Crippen LogP contribution < -0.4 is 15.4 Å². The van der Waals surface area contributed by atoms with E-state index in [-0.39, 0.29) is 54.2 Å². The minimum Gasteiger partial charge on any atom is -0.497 e. The van der Waals surface area contributed by atoms with E-state index in [1.54, 1.807) is 38.0 Å². The van der Waals surface area contributed by atoms with Crippen molar-refractivity contribution in [1.29, 1.82) is 0 Å². The van der Waals surface area contributed by atoms with Gasteiger partial charge in [0.2, 0.25) is 23.6 Å². The summed E-state index contributed by atoms with van der Waals surface area (Å²) in [6, 6.07) is 14.0. The van der Waals surface area contributed by atoms with Crippen LogP contribution in [-0.2, 0) is 51.1 Å². The lowest BCUT2D eigenvalue weighted by Crippen LogP contribution is -2.60. The van der Waals surface area contributed by atoms with Crippen LogP contribution in [0.3, 0.4) is 0 Å². The smallest absolute Gasteiger partial charge is 0.328 e. The zero-order chi connectivity index (χ0) is 46.3. The van der Waals surface area contributed by atoms with Gasteiger partial charge in [0.1, 0.15) is 17.8 Å². The van der Waals surface area contributed by atoms with Gasteiger partial charge in [0.15, 0.2) is 0 Å². The third-order valence-corrected chi connectivity index (χ3v) is 12.5. The summed E-state index contributed by atoms with van der Waals surface area (Å²) >= 11 is 0. The van der Waals surface area contributed by atoms with Gasteiger partial charge in [-0.1, -0.05) is 97.4 Å². The Hall–Kier alpha value is -4.53. The number of nitrogens with zero attached hydrogens (tertiary/aromatic N) is 3. The van der Waals surface area contributed by atoms with Crippen LogP contribution in [0, 0.1) is 23.7 Å². The van der Waals surface area contributed by atoms with Crippen molar-refractivity contribution in [3.05, 3.63) is 65.7 Å². The van der Waals surface area contributed by atoms with E-state index in [1.807, 2.05) is 108 Å². The van der Waals surface area contributed by atoms with Crippen molar-refractivity contribution in [2.75, 3.05) is 49.1 Å². The topological polar surface area (TPSA) is 156 Å². The molecule has 4 amide bonds. The maximum atomic E-state index is 14.6. The first-order valence-corrected chi connectivity index (χ1v) is 22.1. The summed E-state index contributed by atoms with van der Waals surface area (Å²) in [5, 5.41) is 5.98. The van der Waals surface area contributed by atoms with Crippen molar-refractivity contribution in [3.63, 3.8) is 0 Å². The predicted molar refractivity (Wildman–Crippen MR) is 240 cm³/mol. The number of nitrogens with one attached hydrogen (secondary N) is 2. The molecule has 0 unspecified atom stereocenters. The number of amides is 4. The first kappa shape index (κ1) is 51.8. The summed E-state index contributed by atoms with van der Waals surface area (Å²) in [5.74, 6) is -1.90. The molecule has 0 aromatic heterocycles. The van der Waals surface area contributed by atoms with Crippen molar-refractivity contribution in [2.45, 2.75) is 130 Å². The number of carbonyl (C=O) groups is 5. The fourth-order valence-corrected chi connectivity index (χ4v) is 8.90. The van der Waals surface area contributed by atoms with Crippen molar-refractivity contribution in [2.24, 2.45) is 23.7 Å². The molecule has 2 aromatic carbocycles. The van der Waals surface area contributed by atoms with Crippen LogP contribution in [0.25, 0.3) is 0 Å². The summed E-state index contributed by atoms with van der Waals surface area (Å²) in [7, 11) is 9.63. The van der Waals surface area contributed by atoms with Gasteiger partial charge >= 0.3 is 5.97 Å². The lowest BCUT2D eigenvalue weighted by Gasteiger charge is -2.41. The summed E-state index contributed by atoms with van der Waals surface area (Å²) in [5.41, 5.74) is 1.90. The normalized spacial score (nSPS) is 18.0. The average molecular weight is 866 g/mol. The Morgan fingerprint density at radius 2 is 1.45 bits per heavy atom. The monoisotopic (exact) mass is 866 g/mol. The highest BCUT2D eigenvalue weighted by Crippen LogP contribution is 2.30. The molecule has 1 saturated heterocycles. The van der Waals surface area contributed by atoms with Gasteiger partial charge in [-0.25, -0.2) is 4.79 Å². The van der Waals surface area contributed by atoms with Crippen LogP contribution in [0.1, 0.15) is 85.3 Å². The molecule has 0 spiro atoms. The third kappa shape index (κ3) is 13.7. The van der Waals surface area contributed by atoms with E-state index in [0.29, 0.717) is 25.9 Å². The van der Waals surface area contributed by atoms with Crippen molar-refractivity contribution in [1.82, 2.24) is 25.3 Å². The standard InChI is InChI=1S/C48H75N5O9/c1-14-32(6)43(52(9)47(57)41(30(2)3)50-46(56)42(31(4)5)51(8)29-35-22-24-36(59-10)25-23-35)39(60-11)28-40(54)53-26-18-21-38(53)44(61-12)33(7)45(55)49-37(48(58)62-13)27-34-19-16-15-17-20-34/h15-17,19-20,22-25,30-33,37-39,41-44H,14,18,21,26-29H2,1-13H3,(H,49,55)(H,50,56)/t32-,33+,37-,38-,39+,41-,42-,43-,44+/m0/s1. The average Bonchev–Trinajstić information content (AvgIpc) is 3.74. The summed E-state index contributed by atoms with van der Waals surface area (Å²) < 4.78 is 22.4. The molecule has 346 valence electrons. The van der Waals surface area contributed by atoms with E-state index in [4.69, 9.17) is 18.9 Å². The van der Waals surface area contributed by atoms with Gasteiger partial charge in [0, 0.05) is 40.8 Å². The van der Waals surface area contributed by atoms with Crippen molar-refractivity contribution >= 4 is 29.6 Å². The Balaban J connectivity index is 1.78. The lowest BCUT2D eigenvalue weighted by molar-refractivity contribution is -0.149. The van der Waals surface area contributed by atoms with Crippen LogP contribution in [-0.4, -0.2) is 136 Å². The molecule has 1 aliphatic heterocycles. The summed E-state index contributed by atoms with van der Waals surface area (Å²) in [4.78, 5) is 74.9. The van der Waals surface area contributed by atoms with Gasteiger partial charge in [-0.3, -0.25) is 24.1 Å². The lowest BCUT2D eigenvalue weighted by atomic mass is 9.89. The van der Waals surface area contributed by atoms with E-state index in [2.05, 4.69) is 10.6 Å². The molecule has 0 aliphatic carbocycles. The highest BCUT2D eigenvalue weighted by atomic mass is 16.5. The zero-order valence-corrected chi connectivity index (χ0v) is 39.5. The van der Waals surface area contributed by atoms with E-state index < -0.39 is 54.3 Å². The molecule has 1 fully saturated rings. The van der Waals surface area contributed by atoms with E-state index in [9.17, 15) is 24.0 Å². The van der Waals surface area contributed by atoms with Crippen molar-refractivity contribution < 1.29 is 42.9 Å². The maximum Gasteiger partial charge on any atom is 0.328 e. The molecule has 14 heteroatoms. The fraction of sp³-hybridized carbons (Fsp3) is 0.646. The van der Waals surface area contributed by atoms with Gasteiger partial charge in [0.05, 0.1) is 56.9 Å². The minimum absolute atomic E-state index is 0.0115. The first-order chi connectivity index (χ1) is 29.4. The second-order valence-corrected chi connectivity index (χ2v) is 17.5. The van der Waals surface area contributed by atoms with Crippen LogP contribution >= 0.6 is 0 Å². The number of hydrogen-bond acceptors (Lipinski definition) is 10. The zero-order valence-electron chi connectivity index (χ0n) is 39.5. The van der Waals surface area contributed by atoms with Crippen LogP contribution in [0.2, 0.25) is 0 Å². The molecule has 0 radical (unpaired) electrons. The second kappa shape index (κ2) is 24.9. The molecule has 1 aliphatic rings. The van der Waals surface area contributed by atoms with Crippen LogP contribution in [0.4, 0.5) is 0 Å². The number of carbonyl (C=O) groups excluding carboxylic acids is 5. The van der Waals surface area contributed by atoms with E-state index >= 15 is 0 Å². The Bertz CT molecular complexity index is 1720. The van der Waals surface area contributed by atoms with Gasteiger partial charge in [-0.2, -0.15) is 0 Å². The molecule has 0 bridgehead atoms. The number of esters is 1. The molecule has 2 aromatic rings. The van der Waals surface area contributed by atoms with Gasteiger partial charge in [0.25, 0.3) is 0 Å². The SMILES string of the molecule is CC[C@H](C)[C@@H]([C@@H](CC(=O)N1CCC[C@H]1[C@H](OC)[C@@H](C)C(=O)N[C@@H](Cc1ccccc1)C(=O)OC)OC)N(C)C(=O)[C@@H](NC(=O)[C@H](C(C)C)N(C)Cc1ccc(OC)cc1)C(C)C. The Labute approximate surface area is 370 Å². The molecular weight excluding hydrogens is 791 g/mol. The predicted octanol–water partition coefficient (Wildman–Crippen LogP) is 5.11. The molecule has 3 rings (SSSR count). The molecule has 1 heterocycles. The number of likely N-dealkylation sites (tertiary alicyclic amines) is 1. The third-order valence-electron chi connectivity index (χ3n) is 12.5. The fourth-order valence-electron chi connectivity index (χ4n) is 8.90. The molecule has 2 N–H and O–H groups in total. The molecule has 0 saturated carbocycles. The summed E-state index contributed by atoms with van der Waals surface area (Å²) in [6.07, 6.45) is 0.972. The van der Waals surface area contributed by atoms with E-state index in [1.165, 1.54) is 14.2 Å². The second-order valence-electron chi connectivity index (χ2n) is 17.5. The number of methoxy groups -OCH3 is 4. The number of benzene rings is 2. The van der Waals surface area contributed by atoms with Crippen LogP contribution in [0.5, 0.6) is 5.75 Å². The van der Waals surface area contributed by atoms with Gasteiger partial charge in [-0.15, -0.1) is 0 Å². The number of rotatable bonds is 24. The molecule has 62 heavy (non-hydrogen) atoms. The van der Waals surface area contributed by atoms with Gasteiger partial charge in [-0.05, 0) is 60.9 Å². The first-order valence-electron chi connectivity index (χ1n) is 22.1. The highest BCUT2D eigenvalue weighted by Gasteiger charge is 2.43. The van der Waals surface area contributed by atoms with Gasteiger partial charge < -0.3 is 39.4 Å². The Kier molecular flexibility index (Phi) is 20.8.